The first kappa shape index (κ1) is 53.3. The van der Waals surface area contributed by atoms with Gasteiger partial charge in [0.2, 0.25) is 0 Å². The maximum atomic E-state index is 15.1. The zero-order chi connectivity index (χ0) is 51.0. The zero-order valence-electron chi connectivity index (χ0n) is 42.4. The normalized spacial score (nSPS) is 45.7. The van der Waals surface area contributed by atoms with Gasteiger partial charge in [-0.3, -0.25) is 28.8 Å². The Morgan fingerprint density at radius 2 is 1.29 bits per heavy atom. The molecule has 2 saturated heterocycles. The fourth-order valence-corrected chi connectivity index (χ4v) is 14.8. The van der Waals surface area contributed by atoms with Crippen molar-refractivity contribution in [2.45, 2.75) is 201 Å². The first-order chi connectivity index (χ1) is 32.1. The van der Waals surface area contributed by atoms with E-state index in [9.17, 15) is 39.3 Å². The van der Waals surface area contributed by atoms with E-state index in [0.717, 1.165) is 66.2 Å². The van der Waals surface area contributed by atoms with Crippen LogP contribution in [0.3, 0.4) is 0 Å². The number of carbonyl (C=O) groups is 6. The zero-order valence-corrected chi connectivity index (χ0v) is 42.4. The highest BCUT2D eigenvalue weighted by molar-refractivity contribution is 5.95. The minimum atomic E-state index is -1.80. The first-order valence-electron chi connectivity index (χ1n) is 24.7. The largest absolute Gasteiger partial charge is 0.469 e. The molecular formula is C51H76O18. The van der Waals surface area contributed by atoms with Crippen molar-refractivity contribution >= 4 is 35.6 Å². The molecule has 0 amide bonds. The van der Waals surface area contributed by atoms with Crippen LogP contribution in [0.1, 0.15) is 134 Å². The summed E-state index contributed by atoms with van der Waals surface area (Å²) in [5.74, 6) is -3.61. The number of hydrogen-bond donors (Lipinski definition) is 3. The van der Waals surface area contributed by atoms with Crippen LogP contribution in [0.2, 0.25) is 0 Å². The lowest BCUT2D eigenvalue weighted by Gasteiger charge is -2.70. The summed E-state index contributed by atoms with van der Waals surface area (Å²) in [6.07, 6.45) is -7.50. The SMILES string of the molecule is COC(=O)[C@@]1(C)CC[C@]2(C)CC[C@]3(C)C(=CC(=O)[C@@H]4[C@@]5(C)CC[C@H](O[C@@H]6O[C@H](CO)[C@@H](O)[C@H](O)[C@H]6O[C@@H]6O[C@H](COC(C)=O)[C@H](OC(C)=O)[C@H](OC(C)=O)[C@H]6OC(C)=O)C(C)(C)[C@@H]5CC[C@]43C)[C@@H]2C1. The lowest BCUT2D eigenvalue weighted by Crippen LogP contribution is -2.68. The van der Waals surface area contributed by atoms with Gasteiger partial charge in [-0.05, 0) is 110 Å². The average Bonchev–Trinajstić information content (AvgIpc) is 3.25. The van der Waals surface area contributed by atoms with E-state index in [2.05, 4.69) is 41.5 Å². The highest BCUT2D eigenvalue weighted by Gasteiger charge is 2.71. The number of aliphatic hydroxyl groups is 3. The minimum absolute atomic E-state index is 0.0330. The topological polar surface area (TPSA) is 246 Å². The molecule has 5 aliphatic carbocycles. The number of rotatable bonds is 11. The van der Waals surface area contributed by atoms with Crippen molar-refractivity contribution in [3.8, 4) is 0 Å². The Bertz CT molecular complexity index is 2050. The molecule has 0 aromatic carbocycles. The molecule has 3 N–H and O–H groups in total. The summed E-state index contributed by atoms with van der Waals surface area (Å²) in [5, 5.41) is 33.4. The molecule has 7 rings (SSSR count). The van der Waals surface area contributed by atoms with Crippen LogP contribution in [0.15, 0.2) is 11.6 Å². The second-order valence-corrected chi connectivity index (χ2v) is 23.1. The van der Waals surface area contributed by atoms with Gasteiger partial charge in [0, 0.05) is 33.6 Å². The van der Waals surface area contributed by atoms with Crippen LogP contribution in [0, 0.1) is 50.2 Å². The van der Waals surface area contributed by atoms with E-state index in [4.69, 9.17) is 42.6 Å². The van der Waals surface area contributed by atoms with Crippen LogP contribution in [-0.4, -0.2) is 139 Å². The molecule has 2 aliphatic heterocycles. The van der Waals surface area contributed by atoms with Crippen LogP contribution in [0.25, 0.3) is 0 Å². The van der Waals surface area contributed by atoms with Crippen molar-refractivity contribution < 1.29 is 86.7 Å². The molecule has 69 heavy (non-hydrogen) atoms. The Morgan fingerprint density at radius 3 is 1.90 bits per heavy atom. The molecule has 388 valence electrons. The molecule has 18 heteroatoms. The molecule has 0 aromatic heterocycles. The fourth-order valence-electron chi connectivity index (χ4n) is 14.8. The van der Waals surface area contributed by atoms with E-state index in [1.807, 2.05) is 13.0 Å². The highest BCUT2D eigenvalue weighted by atomic mass is 16.8. The van der Waals surface area contributed by atoms with Crippen molar-refractivity contribution in [3.63, 3.8) is 0 Å². The van der Waals surface area contributed by atoms with Gasteiger partial charge in [0.15, 0.2) is 36.7 Å². The van der Waals surface area contributed by atoms with E-state index < -0.39 is 121 Å². The minimum Gasteiger partial charge on any atom is -0.469 e. The van der Waals surface area contributed by atoms with Crippen LogP contribution in [0.5, 0.6) is 0 Å². The molecule has 0 aromatic rings. The summed E-state index contributed by atoms with van der Waals surface area (Å²) in [5.41, 5.74) is -1.25. The molecule has 2 heterocycles. The molecule has 0 bridgehead atoms. The number of ether oxygens (including phenoxy) is 9. The molecule has 18 nitrogen and oxygen atoms in total. The van der Waals surface area contributed by atoms with Gasteiger partial charge in [0.1, 0.15) is 37.1 Å². The molecule has 0 spiro atoms. The monoisotopic (exact) mass is 977 g/mol. The van der Waals surface area contributed by atoms with E-state index >= 15 is 4.79 Å². The molecule has 0 unspecified atom stereocenters. The number of fused-ring (bicyclic) bond motifs is 7. The Labute approximate surface area is 405 Å². The fraction of sp³-hybridized carbons (Fsp3) is 0.843. The van der Waals surface area contributed by atoms with E-state index in [1.165, 1.54) is 12.7 Å². The van der Waals surface area contributed by atoms with Crippen molar-refractivity contribution in [1.29, 1.82) is 0 Å². The predicted octanol–water partition coefficient (Wildman–Crippen LogP) is 4.43. The summed E-state index contributed by atoms with van der Waals surface area (Å²) in [6, 6.07) is 0. The molecule has 7 aliphatic rings. The Balaban J connectivity index is 1.19. The van der Waals surface area contributed by atoms with Gasteiger partial charge in [-0.1, -0.05) is 47.1 Å². The number of ketones is 1. The number of esters is 5. The average molecular weight is 977 g/mol. The van der Waals surface area contributed by atoms with Crippen LogP contribution in [-0.2, 0) is 71.4 Å². The lowest BCUT2D eigenvalue weighted by molar-refractivity contribution is -0.378. The first-order valence-corrected chi connectivity index (χ1v) is 24.7. The van der Waals surface area contributed by atoms with Gasteiger partial charge in [-0.25, -0.2) is 0 Å². The summed E-state index contributed by atoms with van der Waals surface area (Å²) < 4.78 is 53.0. The Kier molecular flexibility index (Phi) is 14.8. The number of hydrogen-bond acceptors (Lipinski definition) is 18. The van der Waals surface area contributed by atoms with Crippen molar-refractivity contribution in [1.82, 2.24) is 0 Å². The summed E-state index contributed by atoms with van der Waals surface area (Å²) in [7, 11) is 1.45. The van der Waals surface area contributed by atoms with Gasteiger partial charge in [-0.15, -0.1) is 0 Å². The van der Waals surface area contributed by atoms with Crippen molar-refractivity contribution in [2.75, 3.05) is 20.3 Å². The smallest absolute Gasteiger partial charge is 0.311 e. The number of methoxy groups -OCH3 is 1. The maximum absolute atomic E-state index is 15.1. The summed E-state index contributed by atoms with van der Waals surface area (Å²) in [4.78, 5) is 77.8. The Hall–Kier alpha value is -3.52. The van der Waals surface area contributed by atoms with E-state index in [-0.39, 0.29) is 45.8 Å². The second kappa shape index (κ2) is 19.2. The molecule has 6 fully saturated rings. The van der Waals surface area contributed by atoms with E-state index in [1.54, 1.807) is 0 Å². The number of aliphatic hydroxyl groups excluding tert-OH is 3. The van der Waals surface area contributed by atoms with Gasteiger partial charge in [0.25, 0.3) is 0 Å². The third kappa shape index (κ3) is 9.19. The maximum Gasteiger partial charge on any atom is 0.311 e. The Morgan fingerprint density at radius 1 is 0.696 bits per heavy atom. The second-order valence-electron chi connectivity index (χ2n) is 23.1. The third-order valence-corrected chi connectivity index (χ3v) is 18.6. The van der Waals surface area contributed by atoms with Gasteiger partial charge >= 0.3 is 29.8 Å². The highest BCUT2D eigenvalue weighted by Crippen LogP contribution is 2.75. The summed E-state index contributed by atoms with van der Waals surface area (Å²) in [6.45, 7) is 18.6. The van der Waals surface area contributed by atoms with Crippen molar-refractivity contribution in [2.24, 2.45) is 50.2 Å². The van der Waals surface area contributed by atoms with Crippen molar-refractivity contribution in [3.05, 3.63) is 11.6 Å². The predicted molar refractivity (Wildman–Crippen MR) is 241 cm³/mol. The lowest BCUT2D eigenvalue weighted by atomic mass is 9.33. The summed E-state index contributed by atoms with van der Waals surface area (Å²) >= 11 is 0. The van der Waals surface area contributed by atoms with Gasteiger partial charge in [-0.2, -0.15) is 0 Å². The van der Waals surface area contributed by atoms with Crippen LogP contribution >= 0.6 is 0 Å². The van der Waals surface area contributed by atoms with Crippen LogP contribution in [0.4, 0.5) is 0 Å². The number of allylic oxidation sites excluding steroid dienone is 2. The standard InChI is InChI=1S/C51H76O18/c1-25(53)62-24-33-38(63-26(2)54)40(64-27(3)55)41(65-28(4)56)44(67-33)69-39-37(59)36(58)32(23-52)66-43(39)68-35-14-15-49(9)34(46(35,5)6)13-16-51(11)42(49)31(57)21-29-30-22-48(8,45(60)61-12)18-17-47(30,7)19-20-50(29,51)10/h21,30,32-44,52,58-59H,13-20,22-24H2,1-12H3/t30-,32+,33+,34-,35-,36+,37-,38-,39+,40-,41+,42+,43-,44-,47+,48-,49-,50+,51+/m0/s1. The van der Waals surface area contributed by atoms with Crippen LogP contribution < -0.4 is 0 Å². The van der Waals surface area contributed by atoms with E-state index in [0.29, 0.717) is 19.3 Å². The van der Waals surface area contributed by atoms with Gasteiger partial charge < -0.3 is 58.0 Å². The molecule has 0 radical (unpaired) electrons. The third-order valence-electron chi connectivity index (χ3n) is 18.6. The van der Waals surface area contributed by atoms with Gasteiger partial charge in [0.05, 0.1) is 25.2 Å². The molecular weight excluding hydrogens is 901 g/mol. The molecule has 19 atom stereocenters. The number of carbonyl (C=O) groups excluding carboxylic acids is 6. The molecule has 4 saturated carbocycles. The quantitative estimate of drug-likeness (QED) is 0.147.